The number of ether oxygens (including phenoxy) is 2. The van der Waals surface area contributed by atoms with Crippen LogP contribution in [0.5, 0.6) is 0 Å². The van der Waals surface area contributed by atoms with E-state index >= 15 is 4.39 Å². The van der Waals surface area contributed by atoms with Gasteiger partial charge in [-0.1, -0.05) is 41.6 Å². The molecule has 2 aliphatic heterocycles. The van der Waals surface area contributed by atoms with Crippen LogP contribution in [0.15, 0.2) is 59.1 Å². The molecule has 9 nitrogen and oxygen atoms in total. The van der Waals surface area contributed by atoms with E-state index in [-0.39, 0.29) is 36.9 Å². The highest BCUT2D eigenvalue weighted by molar-refractivity contribution is 6.08. The fourth-order valence-corrected chi connectivity index (χ4v) is 4.92. The number of aromatic nitrogens is 2. The molecule has 2 aliphatic rings. The molecule has 0 fully saturated rings. The Kier molecular flexibility index (Phi) is 7.72. The number of esters is 1. The summed E-state index contributed by atoms with van der Waals surface area (Å²) in [5, 5.41) is 5.39. The van der Waals surface area contributed by atoms with Crippen molar-refractivity contribution in [2.24, 2.45) is 0 Å². The van der Waals surface area contributed by atoms with Crippen LogP contribution < -0.4 is 10.4 Å². The first-order chi connectivity index (χ1) is 19.3. The molecule has 0 radical (unpaired) electrons. The predicted molar refractivity (Wildman–Crippen MR) is 147 cm³/mol. The number of benzene rings is 3. The maximum Gasteiger partial charge on any atom is 0.307 e. The molecule has 0 saturated heterocycles. The number of anilines is 1. The third-order valence-corrected chi connectivity index (χ3v) is 6.66. The number of carbonyl (C=O) groups excluding carboxylic acids is 2. The molecule has 3 heterocycles. The number of hydrogen-bond acceptors (Lipinski definition) is 8. The van der Waals surface area contributed by atoms with E-state index in [0.717, 1.165) is 11.1 Å². The highest BCUT2D eigenvalue weighted by Gasteiger charge is 2.32. The maximum atomic E-state index is 15.4. The number of nitrogens with zero attached hydrogens (tertiary/aromatic N) is 3. The van der Waals surface area contributed by atoms with Gasteiger partial charge in [0.2, 0.25) is 5.82 Å². The number of hydrogen-bond donors (Lipinski definition) is 1. The fraction of sp³-hybridized carbons (Fsp3) is 0.267. The van der Waals surface area contributed by atoms with Crippen LogP contribution in [0.1, 0.15) is 41.8 Å². The highest BCUT2D eigenvalue weighted by Crippen LogP contribution is 2.42. The number of hydrazine groups is 1. The molecule has 206 valence electrons. The van der Waals surface area contributed by atoms with Crippen LogP contribution in [0.3, 0.4) is 0 Å². The molecular weight excluding hydrogens is 515 g/mol. The van der Waals surface area contributed by atoms with E-state index in [4.69, 9.17) is 14.0 Å². The number of amides is 1. The average molecular weight is 545 g/mol. The summed E-state index contributed by atoms with van der Waals surface area (Å²) < 4.78 is 31.8. The third kappa shape index (κ3) is 5.11. The molecule has 1 N–H and O–H groups in total. The van der Waals surface area contributed by atoms with E-state index in [1.807, 2.05) is 43.3 Å². The zero-order chi connectivity index (χ0) is 28.4. The van der Waals surface area contributed by atoms with E-state index in [1.54, 1.807) is 27.0 Å². The Hall–Kier alpha value is -4.41. The molecule has 1 amide bonds. The lowest BCUT2D eigenvalue weighted by atomic mass is 9.91. The quantitative estimate of drug-likeness (QED) is 0.291. The summed E-state index contributed by atoms with van der Waals surface area (Å²) in [5.41, 5.74) is 7.36. The first-order valence-corrected chi connectivity index (χ1v) is 12.9. The summed E-state index contributed by atoms with van der Waals surface area (Å²) in [7, 11) is 1.55. The smallest absolute Gasteiger partial charge is 0.307 e. The normalized spacial score (nSPS) is 13.1. The Labute approximate surface area is 230 Å². The van der Waals surface area contributed by atoms with Crippen LogP contribution in [-0.4, -0.2) is 41.8 Å². The second-order valence-corrected chi connectivity index (χ2v) is 9.53. The van der Waals surface area contributed by atoms with Crippen LogP contribution in [0, 0.1) is 12.7 Å². The maximum absolute atomic E-state index is 15.4. The number of nitrogens with one attached hydrogen (secondary N) is 1. The first-order valence-electron chi connectivity index (χ1n) is 12.9. The highest BCUT2D eigenvalue weighted by atomic mass is 19.1. The van der Waals surface area contributed by atoms with Gasteiger partial charge in [-0.05, 0) is 55.7 Å². The summed E-state index contributed by atoms with van der Waals surface area (Å²) >= 11 is 0. The minimum atomic E-state index is -0.744. The zero-order valence-corrected chi connectivity index (χ0v) is 22.7. The minimum Gasteiger partial charge on any atom is -0.466 e. The summed E-state index contributed by atoms with van der Waals surface area (Å²) in [6, 6.07) is 15.2. The minimum absolute atomic E-state index is 0.0142. The summed E-state index contributed by atoms with van der Waals surface area (Å²) in [6.07, 6.45) is -0.0142. The molecule has 1 aromatic heterocycles. The van der Waals surface area contributed by atoms with Crippen molar-refractivity contribution in [1.82, 2.24) is 15.6 Å². The lowest BCUT2D eigenvalue weighted by molar-refractivity contribution is -0.143. The number of rotatable bonds is 8. The monoisotopic (exact) mass is 544 g/mol. The predicted octanol–water partition coefficient (Wildman–Crippen LogP) is 5.47. The van der Waals surface area contributed by atoms with Gasteiger partial charge in [-0.25, -0.2) is 14.8 Å². The van der Waals surface area contributed by atoms with E-state index in [9.17, 15) is 9.59 Å². The van der Waals surface area contributed by atoms with Gasteiger partial charge < -0.3 is 14.0 Å². The summed E-state index contributed by atoms with van der Waals surface area (Å²) in [6.45, 7) is 5.68. The van der Waals surface area contributed by atoms with Gasteiger partial charge in [-0.2, -0.15) is 4.98 Å². The molecule has 0 saturated carbocycles. The number of halogens is 1. The average Bonchev–Trinajstić information content (AvgIpc) is 3.42. The molecular formula is C30H29FN4O5. The van der Waals surface area contributed by atoms with Crippen molar-refractivity contribution >= 4 is 17.6 Å². The molecule has 4 aromatic rings. The molecule has 0 spiro atoms. The van der Waals surface area contributed by atoms with Gasteiger partial charge >= 0.3 is 5.97 Å². The Morgan fingerprint density at radius 3 is 2.60 bits per heavy atom. The van der Waals surface area contributed by atoms with Crippen molar-refractivity contribution in [2.75, 3.05) is 18.7 Å². The first kappa shape index (κ1) is 27.2. The summed E-state index contributed by atoms with van der Waals surface area (Å²) in [5.74, 6) is -1.39. The van der Waals surface area contributed by atoms with Gasteiger partial charge in [0.25, 0.3) is 11.8 Å². The van der Waals surface area contributed by atoms with Gasteiger partial charge in [0.1, 0.15) is 5.82 Å². The van der Waals surface area contributed by atoms with Gasteiger partial charge in [0.15, 0.2) is 0 Å². The van der Waals surface area contributed by atoms with Crippen molar-refractivity contribution in [3.63, 3.8) is 0 Å². The Balaban J connectivity index is 1.79. The topological polar surface area (TPSA) is 107 Å². The SMILES string of the molecule is CCOC(=O)CC(C)NN1C(=O)c2ccc(cc2F)-c2noc(n2)-c2c(-c3ccccc3)cc(COC)c1c2C. The molecule has 3 aromatic carbocycles. The Morgan fingerprint density at radius 1 is 1.12 bits per heavy atom. The Bertz CT molecular complexity index is 1570. The van der Waals surface area contributed by atoms with Crippen molar-refractivity contribution in [3.8, 4) is 34.0 Å². The molecule has 0 aliphatic carbocycles. The van der Waals surface area contributed by atoms with Crippen LogP contribution in [0.25, 0.3) is 34.0 Å². The summed E-state index contributed by atoms with van der Waals surface area (Å²) in [4.78, 5) is 30.9. The van der Waals surface area contributed by atoms with Crippen molar-refractivity contribution < 1.29 is 28.0 Å². The molecule has 40 heavy (non-hydrogen) atoms. The van der Waals surface area contributed by atoms with Crippen LogP contribution >= 0.6 is 0 Å². The third-order valence-electron chi connectivity index (χ3n) is 6.66. The second-order valence-electron chi connectivity index (χ2n) is 9.53. The Morgan fingerprint density at radius 2 is 1.90 bits per heavy atom. The van der Waals surface area contributed by atoms with Crippen LogP contribution in [0.4, 0.5) is 10.1 Å². The standard InChI is InChI=1S/C30H29FN4O5/c1-5-39-25(36)13-17(2)33-35-27-18(3)26(23(14-21(27)16-38-4)19-9-7-6-8-10-19)29-32-28(34-40-29)20-11-12-22(30(35)37)24(31)15-20/h6-12,14-15,17,33H,5,13,16H2,1-4H3. The van der Waals surface area contributed by atoms with E-state index < -0.39 is 23.7 Å². The molecule has 1 atom stereocenters. The lowest BCUT2D eigenvalue weighted by Gasteiger charge is -2.32. The van der Waals surface area contributed by atoms with Crippen molar-refractivity contribution in [2.45, 2.75) is 39.8 Å². The van der Waals surface area contributed by atoms with E-state index in [2.05, 4.69) is 15.6 Å². The number of carbonyl (C=O) groups is 2. The van der Waals surface area contributed by atoms with Gasteiger partial charge in [0, 0.05) is 24.3 Å². The van der Waals surface area contributed by atoms with Crippen molar-refractivity contribution in [1.29, 1.82) is 0 Å². The van der Waals surface area contributed by atoms with E-state index in [0.29, 0.717) is 27.9 Å². The molecule has 6 bridgehead atoms. The number of fused-ring (bicyclic) bond motifs is 3. The van der Waals surface area contributed by atoms with Crippen molar-refractivity contribution in [3.05, 3.63) is 77.1 Å². The van der Waals surface area contributed by atoms with Crippen LogP contribution in [-0.2, 0) is 20.9 Å². The second kappa shape index (κ2) is 11.4. The molecule has 6 rings (SSSR count). The van der Waals surface area contributed by atoms with Crippen LogP contribution in [0.2, 0.25) is 0 Å². The van der Waals surface area contributed by atoms with Gasteiger partial charge in [-0.3, -0.25) is 9.59 Å². The number of methoxy groups -OCH3 is 1. The zero-order valence-electron chi connectivity index (χ0n) is 22.7. The lowest BCUT2D eigenvalue weighted by Crippen LogP contribution is -2.49. The largest absolute Gasteiger partial charge is 0.466 e. The molecule has 1 unspecified atom stereocenters. The molecule has 10 heteroatoms. The van der Waals surface area contributed by atoms with Gasteiger partial charge in [0.05, 0.1) is 36.4 Å². The fourth-order valence-electron chi connectivity index (χ4n) is 4.92. The van der Waals surface area contributed by atoms with E-state index in [1.165, 1.54) is 17.1 Å². The van der Waals surface area contributed by atoms with Gasteiger partial charge in [-0.15, -0.1) is 0 Å².